The van der Waals surface area contributed by atoms with Gasteiger partial charge in [-0.3, -0.25) is 0 Å². The third kappa shape index (κ3) is 7.37. The van der Waals surface area contributed by atoms with E-state index < -0.39 is 0 Å². The summed E-state index contributed by atoms with van der Waals surface area (Å²) in [6.07, 6.45) is 13.0. The van der Waals surface area contributed by atoms with Gasteiger partial charge in [0.15, 0.2) is 0 Å². The minimum Gasteiger partial charge on any atom is -0.494 e. The second-order valence-corrected chi connectivity index (χ2v) is 5.48. The van der Waals surface area contributed by atoms with Crippen LogP contribution in [0, 0.1) is 0 Å². The summed E-state index contributed by atoms with van der Waals surface area (Å²) < 4.78 is 15.6. The normalized spacial score (nSPS) is 9.85. The summed E-state index contributed by atoms with van der Waals surface area (Å²) in [5, 5.41) is 0. The molecule has 0 aliphatic rings. The maximum atomic E-state index is 5.73. The van der Waals surface area contributed by atoms with Crippen molar-refractivity contribution in [1.29, 1.82) is 0 Å². The first kappa shape index (κ1) is 21.9. The van der Waals surface area contributed by atoms with E-state index in [2.05, 4.69) is 9.97 Å². The molecule has 142 valence electrons. The number of hydrogen-bond acceptors (Lipinski definition) is 4. The minimum absolute atomic E-state index is 0. The molecule has 6 nitrogen and oxygen atoms in total. The van der Waals surface area contributed by atoms with Crippen molar-refractivity contribution in [2.24, 2.45) is 0 Å². The SMILES string of the molecule is Cl.Cl.c1cn(CCCOc2ccc(OCCCn3ccnc3)cc2)cn1. The Hall–Kier alpha value is -2.18. The van der Waals surface area contributed by atoms with E-state index in [9.17, 15) is 0 Å². The van der Waals surface area contributed by atoms with Gasteiger partial charge in [-0.1, -0.05) is 0 Å². The number of ether oxygens (including phenoxy) is 2. The lowest BCUT2D eigenvalue weighted by Gasteiger charge is -2.09. The molecule has 0 amide bonds. The Balaban J connectivity index is 0.00000169. The molecule has 0 unspecified atom stereocenters. The molecule has 0 atom stereocenters. The average Bonchev–Trinajstić information content (AvgIpc) is 3.30. The molecule has 0 N–H and O–H groups in total. The van der Waals surface area contributed by atoms with Gasteiger partial charge in [0.2, 0.25) is 0 Å². The molecule has 0 radical (unpaired) electrons. The Morgan fingerprint density at radius 3 is 1.46 bits per heavy atom. The van der Waals surface area contributed by atoms with Crippen LogP contribution in [0.3, 0.4) is 0 Å². The standard InChI is InChI=1S/C18H22N4O2.2ClH/c1(9-21-11-7-19-15-21)13-23-17-3-5-18(6-4-17)24-14-2-10-22-12-8-20-16-22;;/h3-8,11-12,15-16H,1-2,9-10,13-14H2;2*1H. The fraction of sp³-hybridized carbons (Fsp3) is 0.333. The monoisotopic (exact) mass is 398 g/mol. The summed E-state index contributed by atoms with van der Waals surface area (Å²) >= 11 is 0. The van der Waals surface area contributed by atoms with Gasteiger partial charge in [0.05, 0.1) is 25.9 Å². The van der Waals surface area contributed by atoms with Crippen molar-refractivity contribution in [2.45, 2.75) is 25.9 Å². The second-order valence-electron chi connectivity index (χ2n) is 5.48. The van der Waals surface area contributed by atoms with Gasteiger partial charge in [0.1, 0.15) is 11.5 Å². The first-order valence-corrected chi connectivity index (χ1v) is 8.17. The van der Waals surface area contributed by atoms with Crippen LogP contribution in [0.5, 0.6) is 11.5 Å². The Morgan fingerprint density at radius 1 is 0.692 bits per heavy atom. The first-order valence-electron chi connectivity index (χ1n) is 8.17. The van der Waals surface area contributed by atoms with E-state index >= 15 is 0 Å². The largest absolute Gasteiger partial charge is 0.494 e. The van der Waals surface area contributed by atoms with Crippen molar-refractivity contribution in [3.05, 3.63) is 61.7 Å². The molecule has 0 saturated carbocycles. The van der Waals surface area contributed by atoms with Crippen LogP contribution in [0.1, 0.15) is 12.8 Å². The summed E-state index contributed by atoms with van der Waals surface area (Å²) in [6.45, 7) is 3.20. The van der Waals surface area contributed by atoms with Crippen molar-refractivity contribution >= 4 is 24.8 Å². The van der Waals surface area contributed by atoms with Crippen LogP contribution in [0.2, 0.25) is 0 Å². The van der Waals surface area contributed by atoms with Gasteiger partial charge in [0.25, 0.3) is 0 Å². The van der Waals surface area contributed by atoms with Crippen molar-refractivity contribution < 1.29 is 9.47 Å². The van der Waals surface area contributed by atoms with Crippen LogP contribution >= 0.6 is 24.8 Å². The fourth-order valence-electron chi connectivity index (χ4n) is 2.34. The number of imidazole rings is 2. The van der Waals surface area contributed by atoms with Gasteiger partial charge in [0, 0.05) is 37.9 Å². The third-order valence-corrected chi connectivity index (χ3v) is 3.60. The predicted octanol–water partition coefficient (Wildman–Crippen LogP) is 3.86. The smallest absolute Gasteiger partial charge is 0.119 e. The molecule has 3 rings (SSSR count). The van der Waals surface area contributed by atoms with E-state index in [1.54, 1.807) is 12.4 Å². The molecule has 26 heavy (non-hydrogen) atoms. The molecule has 3 aromatic rings. The molecule has 0 fully saturated rings. The number of benzene rings is 1. The highest BCUT2D eigenvalue weighted by molar-refractivity contribution is 5.85. The number of aryl methyl sites for hydroxylation is 2. The summed E-state index contributed by atoms with van der Waals surface area (Å²) in [4.78, 5) is 8.04. The average molecular weight is 399 g/mol. The van der Waals surface area contributed by atoms with E-state index in [0.717, 1.165) is 37.4 Å². The summed E-state index contributed by atoms with van der Waals surface area (Å²) in [7, 11) is 0. The highest BCUT2D eigenvalue weighted by Crippen LogP contribution is 2.18. The zero-order chi connectivity index (χ0) is 16.5. The first-order chi connectivity index (χ1) is 11.9. The molecular weight excluding hydrogens is 375 g/mol. The van der Waals surface area contributed by atoms with Crippen LogP contribution in [0.15, 0.2) is 61.7 Å². The molecule has 8 heteroatoms. The summed E-state index contributed by atoms with van der Waals surface area (Å²) in [6, 6.07) is 7.79. The van der Waals surface area contributed by atoms with Gasteiger partial charge < -0.3 is 18.6 Å². The van der Waals surface area contributed by atoms with E-state index in [0.29, 0.717) is 13.2 Å². The molecular formula is C18H24Cl2N4O2. The van der Waals surface area contributed by atoms with Crippen molar-refractivity contribution in [2.75, 3.05) is 13.2 Å². The van der Waals surface area contributed by atoms with E-state index in [-0.39, 0.29) is 24.8 Å². The van der Waals surface area contributed by atoms with Crippen molar-refractivity contribution in [1.82, 2.24) is 19.1 Å². The van der Waals surface area contributed by atoms with Crippen LogP contribution in [0.25, 0.3) is 0 Å². The van der Waals surface area contributed by atoms with Gasteiger partial charge in [-0.25, -0.2) is 9.97 Å². The Morgan fingerprint density at radius 2 is 1.12 bits per heavy atom. The molecule has 0 aliphatic heterocycles. The van der Waals surface area contributed by atoms with Crippen molar-refractivity contribution in [3.8, 4) is 11.5 Å². The quantitative estimate of drug-likeness (QED) is 0.486. The third-order valence-electron chi connectivity index (χ3n) is 3.60. The topological polar surface area (TPSA) is 54.1 Å². The molecule has 2 aromatic heterocycles. The molecule has 0 aliphatic carbocycles. The van der Waals surface area contributed by atoms with E-state index in [1.807, 2.05) is 58.4 Å². The van der Waals surface area contributed by atoms with Crippen LogP contribution < -0.4 is 9.47 Å². The number of nitrogens with zero attached hydrogens (tertiary/aromatic N) is 4. The zero-order valence-electron chi connectivity index (χ0n) is 14.4. The maximum absolute atomic E-state index is 5.73. The van der Waals surface area contributed by atoms with Gasteiger partial charge >= 0.3 is 0 Å². The number of aromatic nitrogens is 4. The lowest BCUT2D eigenvalue weighted by molar-refractivity contribution is 0.294. The molecule has 0 bridgehead atoms. The molecule has 2 heterocycles. The van der Waals surface area contributed by atoms with Gasteiger partial charge in [-0.15, -0.1) is 24.8 Å². The Bertz CT molecular complexity index is 627. The van der Waals surface area contributed by atoms with Gasteiger partial charge in [-0.2, -0.15) is 0 Å². The highest BCUT2D eigenvalue weighted by atomic mass is 35.5. The van der Waals surface area contributed by atoms with E-state index in [4.69, 9.17) is 9.47 Å². The van der Waals surface area contributed by atoms with Crippen LogP contribution in [0.4, 0.5) is 0 Å². The number of halogens is 2. The maximum Gasteiger partial charge on any atom is 0.119 e. The number of hydrogen-bond donors (Lipinski definition) is 0. The summed E-state index contributed by atoms with van der Waals surface area (Å²) in [5.74, 6) is 1.73. The lowest BCUT2D eigenvalue weighted by atomic mass is 10.3. The van der Waals surface area contributed by atoms with Crippen LogP contribution in [-0.4, -0.2) is 32.3 Å². The van der Waals surface area contributed by atoms with E-state index in [1.165, 1.54) is 0 Å². The fourth-order valence-corrected chi connectivity index (χ4v) is 2.34. The summed E-state index contributed by atoms with van der Waals surface area (Å²) in [5.41, 5.74) is 0. The van der Waals surface area contributed by atoms with Crippen LogP contribution in [-0.2, 0) is 13.1 Å². The molecule has 0 saturated heterocycles. The van der Waals surface area contributed by atoms with Crippen molar-refractivity contribution in [3.63, 3.8) is 0 Å². The zero-order valence-corrected chi connectivity index (χ0v) is 16.1. The lowest BCUT2D eigenvalue weighted by Crippen LogP contribution is -2.04. The van der Waals surface area contributed by atoms with Gasteiger partial charge in [-0.05, 0) is 37.1 Å². The Kier molecular flexibility index (Phi) is 10.3. The highest BCUT2D eigenvalue weighted by Gasteiger charge is 1.98. The number of rotatable bonds is 10. The second kappa shape index (κ2) is 12.2. The minimum atomic E-state index is 0. The predicted molar refractivity (Wildman–Crippen MR) is 106 cm³/mol. The Labute approximate surface area is 166 Å². The molecule has 1 aromatic carbocycles. The molecule has 0 spiro atoms.